The van der Waals surface area contributed by atoms with E-state index in [1.54, 1.807) is 18.6 Å². The molecule has 0 saturated heterocycles. The number of aromatic nitrogens is 2. The van der Waals surface area contributed by atoms with Crippen molar-refractivity contribution in [2.45, 2.75) is 6.92 Å². The van der Waals surface area contributed by atoms with Crippen molar-refractivity contribution in [3.8, 4) is 11.1 Å². The van der Waals surface area contributed by atoms with Gasteiger partial charge < -0.3 is 5.73 Å². The zero-order valence-electron chi connectivity index (χ0n) is 8.24. The standard InChI is InChI=1S/C11H10ClN3/c1-7-11(3-10(13)6-15-7)8-2-9(12)5-14-4-8/h2-6H,13H2,1H3. The molecule has 0 atom stereocenters. The van der Waals surface area contributed by atoms with Crippen LogP contribution in [0.4, 0.5) is 5.69 Å². The molecule has 2 heterocycles. The van der Waals surface area contributed by atoms with Gasteiger partial charge in [-0.25, -0.2) is 0 Å². The molecule has 4 heteroatoms. The normalized spacial score (nSPS) is 10.3. The van der Waals surface area contributed by atoms with Crippen molar-refractivity contribution in [1.29, 1.82) is 0 Å². The van der Waals surface area contributed by atoms with Crippen LogP contribution in [-0.2, 0) is 0 Å². The molecule has 2 rings (SSSR count). The van der Waals surface area contributed by atoms with Gasteiger partial charge >= 0.3 is 0 Å². The van der Waals surface area contributed by atoms with Crippen LogP contribution in [0.15, 0.2) is 30.7 Å². The Labute approximate surface area is 92.9 Å². The van der Waals surface area contributed by atoms with Crippen LogP contribution >= 0.6 is 11.6 Å². The van der Waals surface area contributed by atoms with Crippen molar-refractivity contribution in [2.75, 3.05) is 5.73 Å². The highest BCUT2D eigenvalue weighted by Gasteiger charge is 2.04. The number of nitrogen functional groups attached to an aromatic ring is 1. The Morgan fingerprint density at radius 2 is 2.00 bits per heavy atom. The minimum absolute atomic E-state index is 0.606. The van der Waals surface area contributed by atoms with E-state index in [1.165, 1.54) is 0 Å². The monoisotopic (exact) mass is 219 g/mol. The van der Waals surface area contributed by atoms with Crippen LogP contribution in [-0.4, -0.2) is 9.97 Å². The van der Waals surface area contributed by atoms with E-state index in [-0.39, 0.29) is 0 Å². The van der Waals surface area contributed by atoms with Crippen molar-refractivity contribution >= 4 is 17.3 Å². The van der Waals surface area contributed by atoms with Crippen molar-refractivity contribution in [2.24, 2.45) is 0 Å². The Morgan fingerprint density at radius 1 is 1.20 bits per heavy atom. The van der Waals surface area contributed by atoms with Gasteiger partial charge in [-0.15, -0.1) is 0 Å². The highest BCUT2D eigenvalue weighted by Crippen LogP contribution is 2.25. The molecule has 0 aliphatic rings. The van der Waals surface area contributed by atoms with E-state index in [1.807, 2.05) is 19.1 Å². The second-order valence-corrected chi connectivity index (χ2v) is 3.73. The van der Waals surface area contributed by atoms with Crippen LogP contribution < -0.4 is 5.73 Å². The van der Waals surface area contributed by atoms with E-state index in [9.17, 15) is 0 Å². The maximum Gasteiger partial charge on any atom is 0.0595 e. The van der Waals surface area contributed by atoms with Crippen molar-refractivity contribution in [1.82, 2.24) is 9.97 Å². The van der Waals surface area contributed by atoms with E-state index >= 15 is 0 Å². The van der Waals surface area contributed by atoms with Gasteiger partial charge in [0.05, 0.1) is 16.9 Å². The minimum atomic E-state index is 0.606. The predicted molar refractivity (Wildman–Crippen MR) is 61.6 cm³/mol. The summed E-state index contributed by atoms with van der Waals surface area (Å²) >= 11 is 5.87. The maximum atomic E-state index is 5.87. The first-order chi connectivity index (χ1) is 7.16. The molecule has 0 aromatic carbocycles. The molecule has 0 aliphatic heterocycles. The number of rotatable bonds is 1. The van der Waals surface area contributed by atoms with E-state index in [0.717, 1.165) is 16.8 Å². The fraction of sp³-hybridized carbons (Fsp3) is 0.0909. The SMILES string of the molecule is Cc1ncc(N)cc1-c1cncc(Cl)c1. The molecule has 0 amide bonds. The van der Waals surface area contributed by atoms with Crippen molar-refractivity contribution in [3.05, 3.63) is 41.4 Å². The highest BCUT2D eigenvalue weighted by molar-refractivity contribution is 6.30. The lowest BCUT2D eigenvalue weighted by Crippen LogP contribution is -1.92. The molecule has 2 N–H and O–H groups in total. The van der Waals surface area contributed by atoms with Gasteiger partial charge in [0.15, 0.2) is 0 Å². The van der Waals surface area contributed by atoms with Gasteiger partial charge in [0.1, 0.15) is 0 Å². The van der Waals surface area contributed by atoms with E-state index in [4.69, 9.17) is 17.3 Å². The average Bonchev–Trinajstić information content (AvgIpc) is 2.22. The summed E-state index contributed by atoms with van der Waals surface area (Å²) in [5.41, 5.74) is 9.13. The van der Waals surface area contributed by atoms with E-state index in [0.29, 0.717) is 10.7 Å². The molecule has 2 aromatic rings. The molecule has 0 saturated carbocycles. The molecule has 76 valence electrons. The van der Waals surface area contributed by atoms with Crippen LogP contribution in [0.3, 0.4) is 0 Å². The third kappa shape index (κ3) is 2.07. The fourth-order valence-corrected chi connectivity index (χ4v) is 1.57. The number of nitrogens with zero attached hydrogens (tertiary/aromatic N) is 2. The van der Waals surface area contributed by atoms with Crippen LogP contribution in [0, 0.1) is 6.92 Å². The average molecular weight is 220 g/mol. The summed E-state index contributed by atoms with van der Waals surface area (Å²) < 4.78 is 0. The summed E-state index contributed by atoms with van der Waals surface area (Å²) in [5.74, 6) is 0. The highest BCUT2D eigenvalue weighted by atomic mass is 35.5. The van der Waals surface area contributed by atoms with Crippen LogP contribution in [0.1, 0.15) is 5.69 Å². The number of pyridine rings is 2. The number of hydrogen-bond acceptors (Lipinski definition) is 3. The number of anilines is 1. The van der Waals surface area contributed by atoms with Crippen molar-refractivity contribution in [3.63, 3.8) is 0 Å². The smallest absolute Gasteiger partial charge is 0.0595 e. The van der Waals surface area contributed by atoms with Gasteiger partial charge in [-0.1, -0.05) is 11.6 Å². The summed E-state index contributed by atoms with van der Waals surface area (Å²) in [5, 5.41) is 0.606. The Kier molecular flexibility index (Phi) is 2.56. The minimum Gasteiger partial charge on any atom is -0.397 e. The Balaban J connectivity index is 2.58. The Hall–Kier alpha value is -1.61. The third-order valence-corrected chi connectivity index (χ3v) is 2.33. The molecular weight excluding hydrogens is 210 g/mol. The van der Waals surface area contributed by atoms with E-state index in [2.05, 4.69) is 9.97 Å². The third-order valence-electron chi connectivity index (χ3n) is 2.12. The first-order valence-corrected chi connectivity index (χ1v) is 4.87. The Bertz CT molecular complexity index is 497. The van der Waals surface area contributed by atoms with Gasteiger partial charge in [-0.2, -0.15) is 0 Å². The summed E-state index contributed by atoms with van der Waals surface area (Å²) in [6.45, 7) is 1.93. The lowest BCUT2D eigenvalue weighted by Gasteiger charge is -2.05. The lowest BCUT2D eigenvalue weighted by molar-refractivity contribution is 1.20. The summed E-state index contributed by atoms with van der Waals surface area (Å²) in [7, 11) is 0. The van der Waals surface area contributed by atoms with E-state index < -0.39 is 0 Å². The molecule has 15 heavy (non-hydrogen) atoms. The first-order valence-electron chi connectivity index (χ1n) is 4.50. The molecule has 0 radical (unpaired) electrons. The first kappa shape index (κ1) is 9.93. The van der Waals surface area contributed by atoms with Crippen molar-refractivity contribution < 1.29 is 0 Å². The number of halogens is 1. The van der Waals surface area contributed by atoms with Gasteiger partial charge in [-0.05, 0) is 19.1 Å². The second kappa shape index (κ2) is 3.87. The number of nitrogens with two attached hydrogens (primary N) is 1. The molecule has 2 aromatic heterocycles. The van der Waals surface area contributed by atoms with Crippen LogP contribution in [0.2, 0.25) is 5.02 Å². The van der Waals surface area contributed by atoms with Crippen LogP contribution in [0.25, 0.3) is 11.1 Å². The molecule has 0 bridgehead atoms. The number of hydrogen-bond donors (Lipinski definition) is 1. The van der Waals surface area contributed by atoms with Gasteiger partial charge in [0, 0.05) is 29.2 Å². The lowest BCUT2D eigenvalue weighted by atomic mass is 10.1. The number of aryl methyl sites for hydroxylation is 1. The summed E-state index contributed by atoms with van der Waals surface area (Å²) in [6.07, 6.45) is 4.98. The molecule has 0 fully saturated rings. The topological polar surface area (TPSA) is 51.8 Å². The van der Waals surface area contributed by atoms with Gasteiger partial charge in [0.2, 0.25) is 0 Å². The molecule has 0 unspecified atom stereocenters. The Morgan fingerprint density at radius 3 is 2.73 bits per heavy atom. The van der Waals surface area contributed by atoms with Gasteiger partial charge in [-0.3, -0.25) is 9.97 Å². The molecule has 3 nitrogen and oxygen atoms in total. The summed E-state index contributed by atoms with van der Waals surface area (Å²) in [6, 6.07) is 3.72. The zero-order chi connectivity index (χ0) is 10.8. The largest absolute Gasteiger partial charge is 0.397 e. The fourth-order valence-electron chi connectivity index (χ4n) is 1.40. The molecular formula is C11H10ClN3. The molecule has 0 spiro atoms. The summed E-state index contributed by atoms with van der Waals surface area (Å²) in [4.78, 5) is 8.22. The second-order valence-electron chi connectivity index (χ2n) is 3.29. The predicted octanol–water partition coefficient (Wildman–Crippen LogP) is 2.69. The quantitative estimate of drug-likeness (QED) is 0.802. The molecule has 0 aliphatic carbocycles. The zero-order valence-corrected chi connectivity index (χ0v) is 8.99. The van der Waals surface area contributed by atoms with Crippen LogP contribution in [0.5, 0.6) is 0 Å². The maximum absolute atomic E-state index is 5.87. The van der Waals surface area contributed by atoms with Gasteiger partial charge in [0.25, 0.3) is 0 Å².